The van der Waals surface area contributed by atoms with Gasteiger partial charge in [-0.2, -0.15) is 0 Å². The topological polar surface area (TPSA) is 29.5 Å². The quantitative estimate of drug-likeness (QED) is 0.772. The van der Waals surface area contributed by atoms with Crippen molar-refractivity contribution in [2.24, 2.45) is 0 Å². The summed E-state index contributed by atoms with van der Waals surface area (Å²) in [6, 6.07) is 4.62. The van der Waals surface area contributed by atoms with E-state index in [0.717, 1.165) is 5.56 Å². The first-order chi connectivity index (χ1) is 6.27. The molecule has 0 amide bonds. The molecule has 3 heteroatoms. The largest absolute Gasteiger partial charge is 0.491 e. The van der Waals surface area contributed by atoms with Crippen molar-refractivity contribution < 1.29 is 14.2 Å². The molecule has 2 nitrogen and oxygen atoms in total. The third-order valence-electron chi connectivity index (χ3n) is 1.70. The lowest BCUT2D eigenvalue weighted by Gasteiger charge is -2.06. The molecule has 0 bridgehead atoms. The molecule has 13 heavy (non-hydrogen) atoms. The summed E-state index contributed by atoms with van der Waals surface area (Å²) in [6.07, 6.45) is 0.528. The molecule has 0 fully saturated rings. The molecule has 0 unspecified atom stereocenters. The Hall–Kier alpha value is -1.09. The fraction of sp³-hybridized carbons (Fsp3) is 0.400. The number of hydrogen-bond acceptors (Lipinski definition) is 2. The van der Waals surface area contributed by atoms with Gasteiger partial charge in [0.2, 0.25) is 0 Å². The molecular weight excluding hydrogens is 171 g/mol. The minimum atomic E-state index is -0.358. The van der Waals surface area contributed by atoms with Crippen molar-refractivity contribution in [3.05, 3.63) is 29.6 Å². The van der Waals surface area contributed by atoms with Crippen molar-refractivity contribution in [3.8, 4) is 5.75 Å². The highest BCUT2D eigenvalue weighted by Crippen LogP contribution is 2.18. The summed E-state index contributed by atoms with van der Waals surface area (Å²) >= 11 is 0. The van der Waals surface area contributed by atoms with E-state index >= 15 is 0 Å². The monoisotopic (exact) mass is 184 g/mol. The van der Waals surface area contributed by atoms with E-state index in [1.54, 1.807) is 19.1 Å². The molecule has 1 N–H and O–H groups in total. The predicted octanol–water partition coefficient (Wildman–Crippen LogP) is 1.76. The van der Waals surface area contributed by atoms with Gasteiger partial charge in [-0.25, -0.2) is 4.39 Å². The highest BCUT2D eigenvalue weighted by Gasteiger charge is 2.03. The maximum absolute atomic E-state index is 13.0. The molecule has 0 aliphatic carbocycles. The van der Waals surface area contributed by atoms with Gasteiger partial charge in [0, 0.05) is 6.61 Å². The second-order valence-corrected chi connectivity index (χ2v) is 2.67. The first kappa shape index (κ1) is 9.99. The first-order valence-electron chi connectivity index (χ1n) is 4.30. The number of aliphatic hydroxyl groups is 1. The van der Waals surface area contributed by atoms with E-state index in [1.165, 1.54) is 6.07 Å². The van der Waals surface area contributed by atoms with Crippen LogP contribution in [-0.2, 0) is 6.42 Å². The van der Waals surface area contributed by atoms with Crippen LogP contribution in [0.4, 0.5) is 4.39 Å². The van der Waals surface area contributed by atoms with E-state index in [4.69, 9.17) is 9.84 Å². The van der Waals surface area contributed by atoms with E-state index in [9.17, 15) is 4.39 Å². The summed E-state index contributed by atoms with van der Waals surface area (Å²) in [5.41, 5.74) is 0.882. The Bertz CT molecular complexity index is 274. The van der Waals surface area contributed by atoms with Crippen LogP contribution in [0.25, 0.3) is 0 Å². The average molecular weight is 184 g/mol. The van der Waals surface area contributed by atoms with Gasteiger partial charge in [0.25, 0.3) is 0 Å². The molecule has 0 saturated carbocycles. The highest BCUT2D eigenvalue weighted by molar-refractivity contribution is 5.30. The van der Waals surface area contributed by atoms with Crippen LogP contribution in [-0.4, -0.2) is 18.3 Å². The van der Waals surface area contributed by atoms with Crippen molar-refractivity contribution in [2.45, 2.75) is 13.3 Å². The molecule has 0 aliphatic heterocycles. The number of hydrogen-bond donors (Lipinski definition) is 1. The lowest BCUT2D eigenvalue weighted by molar-refractivity contribution is 0.298. The SMILES string of the molecule is CCOc1cc(CCO)ccc1F. The van der Waals surface area contributed by atoms with E-state index in [2.05, 4.69) is 0 Å². The Morgan fingerprint density at radius 1 is 1.46 bits per heavy atom. The fourth-order valence-electron chi connectivity index (χ4n) is 1.10. The number of benzene rings is 1. The smallest absolute Gasteiger partial charge is 0.165 e. The molecule has 1 aromatic rings. The van der Waals surface area contributed by atoms with Gasteiger partial charge in [-0.05, 0) is 31.0 Å². The number of aliphatic hydroxyl groups excluding tert-OH is 1. The summed E-state index contributed by atoms with van der Waals surface area (Å²) in [7, 11) is 0. The summed E-state index contributed by atoms with van der Waals surface area (Å²) in [5.74, 6) is -0.100. The minimum absolute atomic E-state index is 0.0667. The Morgan fingerprint density at radius 2 is 2.23 bits per heavy atom. The van der Waals surface area contributed by atoms with E-state index in [1.807, 2.05) is 0 Å². The number of ether oxygens (including phenoxy) is 1. The molecule has 0 saturated heterocycles. The van der Waals surface area contributed by atoms with Crippen LogP contribution in [0.5, 0.6) is 5.75 Å². The Labute approximate surface area is 77.0 Å². The van der Waals surface area contributed by atoms with Crippen LogP contribution in [0.1, 0.15) is 12.5 Å². The third kappa shape index (κ3) is 2.70. The molecule has 0 aromatic heterocycles. The summed E-state index contributed by atoms with van der Waals surface area (Å²) in [4.78, 5) is 0. The summed E-state index contributed by atoms with van der Waals surface area (Å²) in [5, 5.41) is 8.68. The van der Waals surface area contributed by atoms with Gasteiger partial charge < -0.3 is 9.84 Å². The Kier molecular flexibility index (Phi) is 3.71. The zero-order chi connectivity index (χ0) is 9.68. The van der Waals surface area contributed by atoms with Gasteiger partial charge in [-0.1, -0.05) is 6.07 Å². The molecule has 0 radical (unpaired) electrons. The molecule has 0 spiro atoms. The van der Waals surface area contributed by atoms with Crippen molar-refractivity contribution in [3.63, 3.8) is 0 Å². The van der Waals surface area contributed by atoms with Crippen molar-refractivity contribution >= 4 is 0 Å². The molecule has 0 atom stereocenters. The lowest BCUT2D eigenvalue weighted by Crippen LogP contribution is -1.97. The van der Waals surface area contributed by atoms with E-state index < -0.39 is 0 Å². The van der Waals surface area contributed by atoms with Gasteiger partial charge in [0.15, 0.2) is 11.6 Å². The Morgan fingerprint density at radius 3 is 2.85 bits per heavy atom. The van der Waals surface area contributed by atoms with E-state index in [-0.39, 0.29) is 18.2 Å². The normalized spacial score (nSPS) is 10.1. The van der Waals surface area contributed by atoms with Gasteiger partial charge in [-0.3, -0.25) is 0 Å². The molecule has 0 aliphatic rings. The van der Waals surface area contributed by atoms with Crippen LogP contribution in [0.2, 0.25) is 0 Å². The summed E-state index contributed by atoms with van der Waals surface area (Å²) < 4.78 is 18.1. The van der Waals surface area contributed by atoms with Crippen LogP contribution >= 0.6 is 0 Å². The van der Waals surface area contributed by atoms with Crippen molar-refractivity contribution in [2.75, 3.05) is 13.2 Å². The fourth-order valence-corrected chi connectivity index (χ4v) is 1.10. The average Bonchev–Trinajstić information content (AvgIpc) is 2.12. The minimum Gasteiger partial charge on any atom is -0.491 e. The van der Waals surface area contributed by atoms with Gasteiger partial charge in [0.1, 0.15) is 0 Å². The molecular formula is C10H13FO2. The third-order valence-corrected chi connectivity index (χ3v) is 1.70. The van der Waals surface area contributed by atoms with Gasteiger partial charge in [0.05, 0.1) is 6.61 Å². The second-order valence-electron chi connectivity index (χ2n) is 2.67. The maximum atomic E-state index is 13.0. The van der Waals surface area contributed by atoms with Gasteiger partial charge >= 0.3 is 0 Å². The maximum Gasteiger partial charge on any atom is 0.165 e. The zero-order valence-electron chi connectivity index (χ0n) is 7.59. The number of rotatable bonds is 4. The van der Waals surface area contributed by atoms with E-state index in [0.29, 0.717) is 13.0 Å². The second kappa shape index (κ2) is 4.82. The molecule has 1 rings (SSSR count). The predicted molar refractivity (Wildman–Crippen MR) is 48.4 cm³/mol. The van der Waals surface area contributed by atoms with Crippen LogP contribution in [0.15, 0.2) is 18.2 Å². The molecule has 72 valence electrons. The standard InChI is InChI=1S/C10H13FO2/c1-2-13-10-7-8(5-6-12)3-4-9(10)11/h3-4,7,12H,2,5-6H2,1H3. The van der Waals surface area contributed by atoms with Crippen molar-refractivity contribution in [1.29, 1.82) is 0 Å². The Balaban J connectivity index is 2.83. The molecule has 1 aromatic carbocycles. The van der Waals surface area contributed by atoms with Crippen LogP contribution in [0.3, 0.4) is 0 Å². The van der Waals surface area contributed by atoms with Crippen LogP contribution in [0, 0.1) is 5.82 Å². The molecule has 0 heterocycles. The zero-order valence-corrected chi connectivity index (χ0v) is 7.59. The highest BCUT2D eigenvalue weighted by atomic mass is 19.1. The first-order valence-corrected chi connectivity index (χ1v) is 4.30. The number of halogens is 1. The summed E-state index contributed by atoms with van der Waals surface area (Å²) in [6.45, 7) is 2.31. The van der Waals surface area contributed by atoms with Crippen molar-refractivity contribution in [1.82, 2.24) is 0 Å². The van der Waals surface area contributed by atoms with Gasteiger partial charge in [-0.15, -0.1) is 0 Å². The lowest BCUT2D eigenvalue weighted by atomic mass is 10.1. The van der Waals surface area contributed by atoms with Crippen LogP contribution < -0.4 is 4.74 Å².